The molecular formula is C27H33ClN4O6. The van der Waals surface area contributed by atoms with Crippen molar-refractivity contribution in [1.82, 2.24) is 20.5 Å². The molecule has 3 N–H and O–H groups in total. The Bertz CT molecular complexity index is 1290. The van der Waals surface area contributed by atoms with Crippen molar-refractivity contribution >= 4 is 41.7 Å². The van der Waals surface area contributed by atoms with Crippen molar-refractivity contribution in [3.05, 3.63) is 59.7 Å². The number of nitrogens with zero attached hydrogens (tertiary/aromatic N) is 3. The molecule has 2 heterocycles. The Hall–Kier alpha value is -3.34. The SMILES string of the molecule is CCC1(C(=O)O)C(C=O)NC(C)C(CCN(C)Cc2ccccc2)(C(=O)O)C1c1cccc2nonc12.Cl. The van der Waals surface area contributed by atoms with Gasteiger partial charge in [-0.3, -0.25) is 9.59 Å². The number of carboxylic acid groups (broad SMARTS) is 2. The highest BCUT2D eigenvalue weighted by molar-refractivity contribution is 5.90. The molecule has 1 aliphatic rings. The number of carbonyl (C=O) groups is 3. The summed E-state index contributed by atoms with van der Waals surface area (Å²) < 4.78 is 4.94. The summed E-state index contributed by atoms with van der Waals surface area (Å²) in [6.45, 7) is 4.35. The first kappa shape index (κ1) is 29.2. The number of aldehydes is 1. The molecule has 1 saturated heterocycles. The summed E-state index contributed by atoms with van der Waals surface area (Å²) in [5.41, 5.74) is -1.18. The summed E-state index contributed by atoms with van der Waals surface area (Å²) in [5, 5.41) is 32.5. The molecule has 5 atom stereocenters. The second kappa shape index (κ2) is 11.6. The standard InChI is InChI=1S/C27H32N4O6.ClH/c1-4-26(24(33)34)21(16-32)28-17(2)27(25(35)36,13-14-31(3)15-18-9-6-5-7-10-18)23(26)19-11-8-12-20-22(19)30-37-29-20;/h5-12,16-17,21,23,28H,4,13-15H2,1-3H3,(H,33,34)(H,35,36);1H. The number of halogens is 1. The summed E-state index contributed by atoms with van der Waals surface area (Å²) >= 11 is 0. The Morgan fingerprint density at radius 3 is 2.37 bits per heavy atom. The largest absolute Gasteiger partial charge is 0.481 e. The van der Waals surface area contributed by atoms with Gasteiger partial charge in [-0.15, -0.1) is 12.4 Å². The minimum atomic E-state index is -1.75. The van der Waals surface area contributed by atoms with Crippen LogP contribution in [0.4, 0.5) is 0 Å². The van der Waals surface area contributed by atoms with Crippen LogP contribution in [0.2, 0.25) is 0 Å². The molecule has 5 unspecified atom stereocenters. The van der Waals surface area contributed by atoms with Gasteiger partial charge in [0.15, 0.2) is 0 Å². The van der Waals surface area contributed by atoms with Gasteiger partial charge in [0, 0.05) is 18.5 Å². The number of carbonyl (C=O) groups excluding carboxylic acids is 1. The van der Waals surface area contributed by atoms with Crippen LogP contribution in [0.3, 0.4) is 0 Å². The van der Waals surface area contributed by atoms with Crippen LogP contribution < -0.4 is 5.32 Å². The number of aromatic nitrogens is 2. The molecule has 1 aromatic heterocycles. The fourth-order valence-electron chi connectivity index (χ4n) is 6.19. The van der Waals surface area contributed by atoms with Gasteiger partial charge in [0.25, 0.3) is 0 Å². The zero-order valence-corrected chi connectivity index (χ0v) is 22.4. The number of hydrogen-bond donors (Lipinski definition) is 3. The van der Waals surface area contributed by atoms with E-state index in [9.17, 15) is 24.6 Å². The third kappa shape index (κ3) is 4.68. The average molecular weight is 545 g/mol. The van der Waals surface area contributed by atoms with Gasteiger partial charge < -0.3 is 25.2 Å². The molecule has 38 heavy (non-hydrogen) atoms. The molecule has 204 valence electrons. The topological polar surface area (TPSA) is 146 Å². The van der Waals surface area contributed by atoms with Crippen LogP contribution in [0.1, 0.15) is 43.7 Å². The van der Waals surface area contributed by atoms with E-state index >= 15 is 0 Å². The summed E-state index contributed by atoms with van der Waals surface area (Å²) in [5.74, 6) is -3.48. The number of benzene rings is 2. The molecule has 4 rings (SSSR count). The molecule has 1 aliphatic heterocycles. The molecular weight excluding hydrogens is 512 g/mol. The van der Waals surface area contributed by atoms with E-state index in [4.69, 9.17) is 4.63 Å². The van der Waals surface area contributed by atoms with E-state index in [1.54, 1.807) is 32.0 Å². The van der Waals surface area contributed by atoms with Crippen LogP contribution in [0.15, 0.2) is 53.2 Å². The number of piperidine rings is 1. The zero-order chi connectivity index (χ0) is 26.8. The van der Waals surface area contributed by atoms with Crippen molar-refractivity contribution in [1.29, 1.82) is 0 Å². The van der Waals surface area contributed by atoms with E-state index in [1.165, 1.54) is 0 Å². The number of fused-ring (bicyclic) bond motifs is 1. The molecule has 2 aromatic carbocycles. The summed E-state index contributed by atoms with van der Waals surface area (Å²) in [7, 11) is 1.90. The molecule has 0 saturated carbocycles. The minimum Gasteiger partial charge on any atom is -0.481 e. The summed E-state index contributed by atoms with van der Waals surface area (Å²) in [4.78, 5) is 40.7. The summed E-state index contributed by atoms with van der Waals surface area (Å²) in [6.07, 6.45) is 0.731. The Morgan fingerprint density at radius 1 is 1.08 bits per heavy atom. The maximum atomic E-state index is 13.3. The van der Waals surface area contributed by atoms with Crippen molar-refractivity contribution in [3.63, 3.8) is 0 Å². The van der Waals surface area contributed by atoms with Gasteiger partial charge >= 0.3 is 11.9 Å². The highest BCUT2D eigenvalue weighted by Crippen LogP contribution is 2.59. The third-order valence-electron chi connectivity index (χ3n) is 8.14. The molecule has 11 heteroatoms. The lowest BCUT2D eigenvalue weighted by atomic mass is 9.49. The average Bonchev–Trinajstić information content (AvgIpc) is 3.37. The predicted octanol–water partition coefficient (Wildman–Crippen LogP) is 3.36. The normalized spacial score (nSPS) is 27.1. The van der Waals surface area contributed by atoms with Crippen LogP contribution in [0.25, 0.3) is 11.0 Å². The molecule has 1 fully saturated rings. The maximum Gasteiger partial charge on any atom is 0.312 e. The Morgan fingerprint density at radius 2 is 1.76 bits per heavy atom. The Labute approximate surface area is 226 Å². The van der Waals surface area contributed by atoms with Gasteiger partial charge in [0.1, 0.15) is 17.3 Å². The van der Waals surface area contributed by atoms with Crippen LogP contribution in [0, 0.1) is 10.8 Å². The van der Waals surface area contributed by atoms with Gasteiger partial charge in [-0.1, -0.05) is 49.4 Å². The lowest BCUT2D eigenvalue weighted by Gasteiger charge is -2.56. The zero-order valence-electron chi connectivity index (χ0n) is 21.5. The van der Waals surface area contributed by atoms with Crippen LogP contribution >= 0.6 is 12.4 Å². The van der Waals surface area contributed by atoms with Crippen molar-refractivity contribution in [3.8, 4) is 0 Å². The third-order valence-corrected chi connectivity index (χ3v) is 8.14. The molecule has 0 spiro atoms. The lowest BCUT2D eigenvalue weighted by Crippen LogP contribution is -2.71. The highest BCUT2D eigenvalue weighted by atomic mass is 35.5. The fraction of sp³-hybridized carbons (Fsp3) is 0.444. The van der Waals surface area contributed by atoms with Crippen LogP contribution in [-0.4, -0.2) is 69.3 Å². The minimum absolute atomic E-state index is 0. The number of rotatable bonds is 10. The first-order valence-corrected chi connectivity index (χ1v) is 12.3. The second-order valence-corrected chi connectivity index (χ2v) is 9.93. The van der Waals surface area contributed by atoms with Gasteiger partial charge in [0.2, 0.25) is 0 Å². The smallest absolute Gasteiger partial charge is 0.312 e. The van der Waals surface area contributed by atoms with E-state index in [0.717, 1.165) is 5.56 Å². The van der Waals surface area contributed by atoms with Gasteiger partial charge in [-0.05, 0) is 60.9 Å². The van der Waals surface area contributed by atoms with Gasteiger partial charge in [-0.25, -0.2) is 4.63 Å². The maximum absolute atomic E-state index is 13.3. The van der Waals surface area contributed by atoms with Crippen molar-refractivity contribution in [2.24, 2.45) is 10.8 Å². The fourth-order valence-corrected chi connectivity index (χ4v) is 6.19. The molecule has 0 bridgehead atoms. The predicted molar refractivity (Wildman–Crippen MR) is 142 cm³/mol. The van der Waals surface area contributed by atoms with Crippen molar-refractivity contribution in [2.75, 3.05) is 13.6 Å². The molecule has 0 radical (unpaired) electrons. The van der Waals surface area contributed by atoms with E-state index in [2.05, 4.69) is 15.6 Å². The van der Waals surface area contributed by atoms with E-state index < -0.39 is 40.8 Å². The number of carboxylic acids is 2. The van der Waals surface area contributed by atoms with Crippen molar-refractivity contribution in [2.45, 2.75) is 51.2 Å². The first-order valence-electron chi connectivity index (χ1n) is 12.3. The number of aliphatic carboxylic acids is 2. The molecule has 0 amide bonds. The van der Waals surface area contributed by atoms with E-state index in [1.807, 2.05) is 42.3 Å². The van der Waals surface area contributed by atoms with Gasteiger partial charge in [0.05, 0.1) is 16.9 Å². The molecule has 3 aromatic rings. The van der Waals surface area contributed by atoms with Crippen molar-refractivity contribution < 1.29 is 29.2 Å². The van der Waals surface area contributed by atoms with Crippen LogP contribution in [-0.2, 0) is 20.9 Å². The van der Waals surface area contributed by atoms with Crippen LogP contribution in [0.5, 0.6) is 0 Å². The quantitative estimate of drug-likeness (QED) is 0.325. The monoisotopic (exact) mass is 544 g/mol. The highest BCUT2D eigenvalue weighted by Gasteiger charge is 2.67. The number of hydrogen-bond acceptors (Lipinski definition) is 8. The number of nitrogens with one attached hydrogen (secondary N) is 1. The Kier molecular flexibility index (Phi) is 8.91. The van der Waals surface area contributed by atoms with E-state index in [0.29, 0.717) is 36.0 Å². The summed E-state index contributed by atoms with van der Waals surface area (Å²) in [6, 6.07) is 13.0. The Balaban J connectivity index is 0.00000400. The lowest BCUT2D eigenvalue weighted by molar-refractivity contribution is -0.175. The first-order chi connectivity index (χ1) is 17.7. The van der Waals surface area contributed by atoms with Gasteiger partial charge in [-0.2, -0.15) is 0 Å². The molecule has 10 nitrogen and oxygen atoms in total. The van der Waals surface area contributed by atoms with E-state index in [-0.39, 0.29) is 25.2 Å². The second-order valence-electron chi connectivity index (χ2n) is 9.93. The molecule has 0 aliphatic carbocycles.